The molecule has 0 aromatic heterocycles. The predicted octanol–water partition coefficient (Wildman–Crippen LogP) is 2.21. The van der Waals surface area contributed by atoms with Gasteiger partial charge >= 0.3 is 6.09 Å². The van der Waals surface area contributed by atoms with Crippen LogP contribution in [0.25, 0.3) is 0 Å². The first kappa shape index (κ1) is 24.7. The molecule has 0 aromatic rings. The van der Waals surface area contributed by atoms with Crippen LogP contribution in [0.15, 0.2) is 0 Å². The molecule has 3 saturated heterocycles. The van der Waals surface area contributed by atoms with Crippen molar-refractivity contribution >= 4 is 16.2 Å². The number of carbonyl (C=O) groups excluding carboxylic acids is 1. The number of hydrogen-bond donors (Lipinski definition) is 0. The summed E-state index contributed by atoms with van der Waals surface area (Å²) in [6.07, 6.45) is 4.66. The lowest BCUT2D eigenvalue weighted by atomic mass is 9.96. The Kier molecular flexibility index (Phi) is 8.23. The van der Waals surface area contributed by atoms with E-state index in [9.17, 15) is 13.2 Å². The highest BCUT2D eigenvalue weighted by molar-refractivity contribution is 7.86. The van der Waals surface area contributed by atoms with Crippen LogP contribution in [0.4, 0.5) is 4.79 Å². The van der Waals surface area contributed by atoms with Gasteiger partial charge in [0.15, 0.2) is 6.29 Å². The van der Waals surface area contributed by atoms with Gasteiger partial charge in [-0.1, -0.05) is 0 Å². The lowest BCUT2D eigenvalue weighted by Gasteiger charge is -2.31. The number of nitrogens with zero attached hydrogens (tertiary/aromatic N) is 2. The van der Waals surface area contributed by atoms with Gasteiger partial charge in [0.1, 0.15) is 5.60 Å². The molecule has 9 nitrogen and oxygen atoms in total. The molecule has 3 fully saturated rings. The maximum Gasteiger partial charge on any atom is 0.410 e. The molecule has 3 aliphatic heterocycles. The van der Waals surface area contributed by atoms with Crippen LogP contribution in [0, 0.1) is 5.92 Å². The number of rotatable bonds is 7. The Hall–Kier alpha value is -0.940. The summed E-state index contributed by atoms with van der Waals surface area (Å²) in [7, 11) is -3.59. The quantitative estimate of drug-likeness (QED) is 0.532. The Morgan fingerprint density at radius 3 is 2.58 bits per heavy atom. The van der Waals surface area contributed by atoms with Gasteiger partial charge < -0.3 is 24.0 Å². The standard InChI is InChI=1S/C21H38N2O7S/c1-21(2,3)29-20(24)23-15-17(30-31(4,25)26)13-18(23)16-8-9-22(14-16)10-12-28-19-7-5-6-11-27-19/h16-19H,5-15H2,1-4H3/t16?,17-,18+,19?/m1/s1. The lowest BCUT2D eigenvalue weighted by molar-refractivity contribution is -0.163. The van der Waals surface area contributed by atoms with Crippen molar-refractivity contribution in [2.24, 2.45) is 5.92 Å². The minimum absolute atomic E-state index is 0.0847. The molecule has 2 unspecified atom stereocenters. The minimum atomic E-state index is -3.59. The minimum Gasteiger partial charge on any atom is -0.444 e. The van der Waals surface area contributed by atoms with Gasteiger partial charge in [0.25, 0.3) is 10.1 Å². The van der Waals surface area contributed by atoms with E-state index in [1.54, 1.807) is 4.90 Å². The Morgan fingerprint density at radius 2 is 1.94 bits per heavy atom. The van der Waals surface area contributed by atoms with E-state index in [2.05, 4.69) is 4.90 Å². The number of amides is 1. The third-order valence-electron chi connectivity index (χ3n) is 5.95. The zero-order valence-corrected chi connectivity index (χ0v) is 20.1. The average molecular weight is 463 g/mol. The van der Waals surface area contributed by atoms with Crippen molar-refractivity contribution in [2.45, 2.75) is 76.9 Å². The van der Waals surface area contributed by atoms with Crippen LogP contribution in [-0.4, -0.2) is 94.0 Å². The molecular weight excluding hydrogens is 424 g/mol. The van der Waals surface area contributed by atoms with Crippen LogP contribution in [0.1, 0.15) is 52.9 Å². The maximum absolute atomic E-state index is 12.8. The van der Waals surface area contributed by atoms with E-state index in [1.165, 1.54) is 0 Å². The first-order chi connectivity index (χ1) is 14.5. The van der Waals surface area contributed by atoms with Crippen molar-refractivity contribution in [2.75, 3.05) is 45.6 Å². The Morgan fingerprint density at radius 1 is 1.16 bits per heavy atom. The summed E-state index contributed by atoms with van der Waals surface area (Å²) < 4.78 is 45.6. The molecule has 3 aliphatic rings. The summed E-state index contributed by atoms with van der Waals surface area (Å²) >= 11 is 0. The van der Waals surface area contributed by atoms with Gasteiger partial charge in [-0.3, -0.25) is 4.18 Å². The van der Waals surface area contributed by atoms with Crippen LogP contribution < -0.4 is 0 Å². The third kappa shape index (κ3) is 7.85. The van der Waals surface area contributed by atoms with Crippen molar-refractivity contribution < 1.29 is 31.6 Å². The summed E-state index contributed by atoms with van der Waals surface area (Å²) in [5.74, 6) is 0.242. The number of likely N-dealkylation sites (tertiary alicyclic amines) is 2. The van der Waals surface area contributed by atoms with Gasteiger partial charge in [-0.05, 0) is 65.3 Å². The zero-order valence-electron chi connectivity index (χ0n) is 19.2. The molecular formula is C21H38N2O7S. The fourth-order valence-corrected chi connectivity index (χ4v) is 5.29. The summed E-state index contributed by atoms with van der Waals surface area (Å²) in [6, 6.07) is -0.103. The molecule has 0 aliphatic carbocycles. The van der Waals surface area contributed by atoms with Gasteiger partial charge in [0.05, 0.1) is 25.5 Å². The summed E-state index contributed by atoms with van der Waals surface area (Å²) in [5, 5.41) is 0. The summed E-state index contributed by atoms with van der Waals surface area (Å²) in [6.45, 7) is 9.69. The van der Waals surface area contributed by atoms with Crippen LogP contribution in [-0.2, 0) is 28.5 Å². The Labute approximate surface area is 186 Å². The number of ether oxygens (including phenoxy) is 3. The molecule has 0 saturated carbocycles. The van der Waals surface area contributed by atoms with Crippen LogP contribution in [0.3, 0.4) is 0 Å². The second-order valence-corrected chi connectivity index (χ2v) is 11.5. The zero-order chi connectivity index (χ0) is 22.6. The van der Waals surface area contributed by atoms with E-state index in [-0.39, 0.29) is 24.8 Å². The van der Waals surface area contributed by atoms with E-state index >= 15 is 0 Å². The van der Waals surface area contributed by atoms with Crippen molar-refractivity contribution in [3.05, 3.63) is 0 Å². The molecule has 4 atom stereocenters. The van der Waals surface area contributed by atoms with Gasteiger partial charge in [-0.2, -0.15) is 8.42 Å². The van der Waals surface area contributed by atoms with Gasteiger partial charge in [-0.25, -0.2) is 4.79 Å². The van der Waals surface area contributed by atoms with E-state index in [1.807, 2.05) is 20.8 Å². The van der Waals surface area contributed by atoms with E-state index < -0.39 is 27.9 Å². The van der Waals surface area contributed by atoms with Gasteiger partial charge in [0, 0.05) is 25.7 Å². The first-order valence-corrected chi connectivity index (χ1v) is 13.2. The second kappa shape index (κ2) is 10.3. The van der Waals surface area contributed by atoms with Crippen molar-refractivity contribution in [3.8, 4) is 0 Å². The highest BCUT2D eigenvalue weighted by Gasteiger charge is 2.44. The van der Waals surface area contributed by atoms with Crippen molar-refractivity contribution in [1.29, 1.82) is 0 Å². The molecule has 10 heteroatoms. The highest BCUT2D eigenvalue weighted by Crippen LogP contribution is 2.33. The SMILES string of the molecule is CC(C)(C)OC(=O)N1C[C@H](OS(C)(=O)=O)C[C@H]1C1CCN(CCOC2CCCCO2)C1. The predicted molar refractivity (Wildman–Crippen MR) is 115 cm³/mol. The van der Waals surface area contributed by atoms with E-state index in [0.717, 1.165) is 58.2 Å². The molecule has 3 rings (SSSR count). The summed E-state index contributed by atoms with van der Waals surface area (Å²) in [5.41, 5.74) is -0.613. The first-order valence-electron chi connectivity index (χ1n) is 11.3. The Balaban J connectivity index is 1.55. The molecule has 0 bridgehead atoms. The van der Waals surface area contributed by atoms with E-state index in [0.29, 0.717) is 13.0 Å². The smallest absolute Gasteiger partial charge is 0.410 e. The fraction of sp³-hybridized carbons (Fsp3) is 0.952. The summed E-state index contributed by atoms with van der Waals surface area (Å²) in [4.78, 5) is 16.8. The number of hydrogen-bond acceptors (Lipinski definition) is 8. The molecule has 0 spiro atoms. The largest absolute Gasteiger partial charge is 0.444 e. The van der Waals surface area contributed by atoms with Gasteiger partial charge in [0.2, 0.25) is 0 Å². The number of carbonyl (C=O) groups is 1. The van der Waals surface area contributed by atoms with Crippen molar-refractivity contribution in [3.63, 3.8) is 0 Å². The lowest BCUT2D eigenvalue weighted by Crippen LogP contribution is -2.44. The van der Waals surface area contributed by atoms with Crippen LogP contribution >= 0.6 is 0 Å². The maximum atomic E-state index is 12.8. The van der Waals surface area contributed by atoms with Crippen molar-refractivity contribution in [1.82, 2.24) is 9.80 Å². The topological polar surface area (TPSA) is 94.6 Å². The molecule has 0 aromatic carbocycles. The van der Waals surface area contributed by atoms with Crippen LogP contribution in [0.2, 0.25) is 0 Å². The average Bonchev–Trinajstić information content (AvgIpc) is 3.27. The molecule has 0 N–H and O–H groups in total. The molecule has 0 radical (unpaired) electrons. The molecule has 1 amide bonds. The molecule has 3 heterocycles. The normalized spacial score (nSPS) is 30.6. The third-order valence-corrected chi connectivity index (χ3v) is 6.57. The Bertz CT molecular complexity index is 703. The van der Waals surface area contributed by atoms with E-state index in [4.69, 9.17) is 18.4 Å². The molecule has 180 valence electrons. The second-order valence-electron chi connectivity index (χ2n) is 9.87. The van der Waals surface area contributed by atoms with Gasteiger partial charge in [-0.15, -0.1) is 0 Å². The monoisotopic (exact) mass is 462 g/mol. The fourth-order valence-electron chi connectivity index (χ4n) is 4.66. The highest BCUT2D eigenvalue weighted by atomic mass is 32.2. The molecule has 31 heavy (non-hydrogen) atoms. The van der Waals surface area contributed by atoms with Crippen LogP contribution in [0.5, 0.6) is 0 Å².